The van der Waals surface area contributed by atoms with Crippen molar-refractivity contribution < 1.29 is 14.3 Å². The van der Waals surface area contributed by atoms with Crippen molar-refractivity contribution in [1.82, 2.24) is 14.8 Å². The molecule has 0 unspecified atom stereocenters. The average molecular weight is 370 g/mol. The second-order valence-corrected chi connectivity index (χ2v) is 6.50. The van der Waals surface area contributed by atoms with E-state index >= 15 is 0 Å². The number of amides is 1. The van der Waals surface area contributed by atoms with Gasteiger partial charge in [0, 0.05) is 0 Å². The second kappa shape index (κ2) is 7.49. The molecule has 0 aliphatic rings. The smallest absolute Gasteiger partial charge is 0.350 e. The lowest BCUT2D eigenvalue weighted by molar-refractivity contribution is 0.0531. The predicted octanol–water partition coefficient (Wildman–Crippen LogP) is 3.37. The van der Waals surface area contributed by atoms with Crippen LogP contribution in [0.1, 0.15) is 38.3 Å². The van der Waals surface area contributed by atoms with E-state index in [4.69, 9.17) is 4.74 Å². The monoisotopic (exact) mass is 370 g/mol. The van der Waals surface area contributed by atoms with Crippen LogP contribution in [0.2, 0.25) is 0 Å². The van der Waals surface area contributed by atoms with Crippen LogP contribution in [0.4, 0.5) is 5.13 Å². The zero-order valence-corrected chi connectivity index (χ0v) is 15.5. The zero-order chi connectivity index (χ0) is 18.7. The fourth-order valence-corrected chi connectivity index (χ4v) is 3.32. The summed E-state index contributed by atoms with van der Waals surface area (Å²) in [5, 5.41) is 7.37. The molecule has 0 saturated carbocycles. The average Bonchev–Trinajstić information content (AvgIpc) is 3.18. The van der Waals surface area contributed by atoms with E-state index in [1.165, 1.54) is 6.20 Å². The lowest BCUT2D eigenvalue weighted by Crippen LogP contribution is -2.13. The molecule has 3 aromatic rings. The highest BCUT2D eigenvalue weighted by molar-refractivity contribution is 7.17. The van der Waals surface area contributed by atoms with E-state index in [0.717, 1.165) is 17.0 Å². The van der Waals surface area contributed by atoms with Gasteiger partial charge < -0.3 is 4.74 Å². The molecular weight excluding hydrogens is 352 g/mol. The highest BCUT2D eigenvalue weighted by Crippen LogP contribution is 2.24. The van der Waals surface area contributed by atoms with Crippen molar-refractivity contribution in [3.63, 3.8) is 0 Å². The number of aromatic nitrogens is 3. The van der Waals surface area contributed by atoms with Gasteiger partial charge in [0.25, 0.3) is 5.91 Å². The normalized spacial score (nSPS) is 10.6. The third kappa shape index (κ3) is 3.50. The third-order valence-electron chi connectivity index (χ3n) is 3.73. The number of carbonyl (C=O) groups excluding carboxylic acids is 2. The Labute approximate surface area is 154 Å². The Morgan fingerprint density at radius 2 is 1.96 bits per heavy atom. The molecule has 26 heavy (non-hydrogen) atoms. The number of carbonyl (C=O) groups is 2. The van der Waals surface area contributed by atoms with E-state index in [2.05, 4.69) is 15.4 Å². The van der Waals surface area contributed by atoms with Gasteiger partial charge in [0.2, 0.25) is 0 Å². The van der Waals surface area contributed by atoms with Crippen molar-refractivity contribution in [2.45, 2.75) is 20.8 Å². The Bertz CT molecular complexity index is 947. The van der Waals surface area contributed by atoms with Crippen molar-refractivity contribution in [2.24, 2.45) is 0 Å². The van der Waals surface area contributed by atoms with E-state index < -0.39 is 5.97 Å². The molecule has 0 aliphatic heterocycles. The van der Waals surface area contributed by atoms with Crippen molar-refractivity contribution in [2.75, 3.05) is 11.9 Å². The standard InChI is InChI=1S/C18H18N4O3S/c1-4-25-17(24)15-11(2)20-18(26-15)21-16(23)14-10-19-22(12(14)3)13-8-6-5-7-9-13/h5-10H,4H2,1-3H3,(H,20,21,23). The number of thiazole rings is 1. The first-order valence-corrected chi connectivity index (χ1v) is 8.88. The first kappa shape index (κ1) is 17.8. The van der Waals surface area contributed by atoms with E-state index in [9.17, 15) is 9.59 Å². The molecule has 7 nitrogen and oxygen atoms in total. The summed E-state index contributed by atoms with van der Waals surface area (Å²) in [5.41, 5.74) is 2.56. The quantitative estimate of drug-likeness (QED) is 0.696. The van der Waals surface area contributed by atoms with Crippen molar-refractivity contribution in [3.8, 4) is 5.69 Å². The number of nitrogens with zero attached hydrogens (tertiary/aromatic N) is 3. The summed E-state index contributed by atoms with van der Waals surface area (Å²) in [6, 6.07) is 9.56. The SMILES string of the molecule is CCOC(=O)c1sc(NC(=O)c2cnn(-c3ccccc3)c2C)nc1C. The van der Waals surface area contributed by atoms with E-state index in [1.54, 1.807) is 18.5 Å². The minimum Gasteiger partial charge on any atom is -0.462 e. The van der Waals surface area contributed by atoms with Gasteiger partial charge in [-0.2, -0.15) is 5.10 Å². The maximum Gasteiger partial charge on any atom is 0.350 e. The molecule has 1 aromatic carbocycles. The Hall–Kier alpha value is -3.00. The summed E-state index contributed by atoms with van der Waals surface area (Å²) < 4.78 is 6.69. The Morgan fingerprint density at radius 3 is 2.65 bits per heavy atom. The molecule has 0 atom stereocenters. The molecular formula is C18H18N4O3S. The minimum atomic E-state index is -0.434. The lowest BCUT2D eigenvalue weighted by Gasteiger charge is -2.05. The van der Waals surface area contributed by atoms with Gasteiger partial charge in [-0.15, -0.1) is 0 Å². The van der Waals surface area contributed by atoms with Gasteiger partial charge in [0.15, 0.2) is 5.13 Å². The lowest BCUT2D eigenvalue weighted by atomic mass is 10.2. The fraction of sp³-hybridized carbons (Fsp3) is 0.222. The van der Waals surface area contributed by atoms with Crippen molar-refractivity contribution in [3.05, 3.63) is 58.4 Å². The molecule has 1 amide bonds. The number of aryl methyl sites for hydroxylation is 1. The maximum atomic E-state index is 12.6. The van der Waals surface area contributed by atoms with Crippen LogP contribution < -0.4 is 5.32 Å². The molecule has 0 bridgehead atoms. The number of hydrogen-bond donors (Lipinski definition) is 1. The molecule has 8 heteroatoms. The number of esters is 1. The Kier molecular flexibility index (Phi) is 5.13. The molecule has 0 radical (unpaired) electrons. The van der Waals surface area contributed by atoms with Crippen LogP contribution in [-0.2, 0) is 4.74 Å². The maximum absolute atomic E-state index is 12.6. The van der Waals surface area contributed by atoms with Gasteiger partial charge in [-0.05, 0) is 32.9 Å². The number of benzene rings is 1. The van der Waals surface area contributed by atoms with Gasteiger partial charge in [-0.25, -0.2) is 14.5 Å². The number of rotatable bonds is 5. The second-order valence-electron chi connectivity index (χ2n) is 5.50. The van der Waals surface area contributed by atoms with Crippen LogP contribution in [0.3, 0.4) is 0 Å². The third-order valence-corrected chi connectivity index (χ3v) is 4.79. The summed E-state index contributed by atoms with van der Waals surface area (Å²) in [7, 11) is 0. The zero-order valence-electron chi connectivity index (χ0n) is 14.6. The van der Waals surface area contributed by atoms with Crippen molar-refractivity contribution in [1.29, 1.82) is 0 Å². The van der Waals surface area contributed by atoms with Crippen LogP contribution in [0.25, 0.3) is 5.69 Å². The van der Waals surface area contributed by atoms with Crippen LogP contribution in [0.15, 0.2) is 36.5 Å². The summed E-state index contributed by atoms with van der Waals surface area (Å²) in [5.74, 6) is -0.759. The first-order chi connectivity index (χ1) is 12.5. The van der Waals surface area contributed by atoms with Gasteiger partial charge >= 0.3 is 5.97 Å². The molecule has 0 aliphatic carbocycles. The fourth-order valence-electron chi connectivity index (χ4n) is 2.46. The summed E-state index contributed by atoms with van der Waals surface area (Å²) >= 11 is 1.09. The molecule has 2 heterocycles. The number of nitrogens with one attached hydrogen (secondary N) is 1. The van der Waals surface area contributed by atoms with Gasteiger partial charge in [-0.1, -0.05) is 29.5 Å². The number of para-hydroxylation sites is 1. The van der Waals surface area contributed by atoms with E-state index in [1.807, 2.05) is 37.3 Å². The van der Waals surface area contributed by atoms with Gasteiger partial charge in [0.1, 0.15) is 4.88 Å². The topological polar surface area (TPSA) is 86.1 Å². The van der Waals surface area contributed by atoms with Gasteiger partial charge in [0.05, 0.1) is 35.4 Å². The van der Waals surface area contributed by atoms with Crippen LogP contribution >= 0.6 is 11.3 Å². The summed E-state index contributed by atoms with van der Waals surface area (Å²) in [6.45, 7) is 5.56. The molecule has 0 spiro atoms. The molecule has 1 N–H and O–H groups in total. The van der Waals surface area contributed by atoms with Crippen LogP contribution in [0, 0.1) is 13.8 Å². The molecule has 134 valence electrons. The van der Waals surface area contributed by atoms with E-state index in [-0.39, 0.29) is 12.5 Å². The first-order valence-electron chi connectivity index (χ1n) is 8.07. The number of anilines is 1. The highest BCUT2D eigenvalue weighted by Gasteiger charge is 2.20. The van der Waals surface area contributed by atoms with Crippen LogP contribution in [-0.4, -0.2) is 33.2 Å². The molecule has 0 saturated heterocycles. The number of ether oxygens (including phenoxy) is 1. The highest BCUT2D eigenvalue weighted by atomic mass is 32.1. The Balaban J connectivity index is 1.80. The molecule has 3 rings (SSSR count). The van der Waals surface area contributed by atoms with Crippen LogP contribution in [0.5, 0.6) is 0 Å². The minimum absolute atomic E-state index is 0.287. The largest absolute Gasteiger partial charge is 0.462 e. The van der Waals surface area contributed by atoms with E-state index in [0.29, 0.717) is 27.0 Å². The van der Waals surface area contributed by atoms with Crippen molar-refractivity contribution >= 4 is 28.3 Å². The summed E-state index contributed by atoms with van der Waals surface area (Å²) in [4.78, 5) is 29.1. The molecule has 2 aromatic heterocycles. The Morgan fingerprint density at radius 1 is 1.23 bits per heavy atom. The van der Waals surface area contributed by atoms with Gasteiger partial charge in [-0.3, -0.25) is 10.1 Å². The summed E-state index contributed by atoms with van der Waals surface area (Å²) in [6.07, 6.45) is 1.52. The number of hydrogen-bond acceptors (Lipinski definition) is 6. The predicted molar refractivity (Wildman–Crippen MR) is 99.1 cm³/mol. The molecule has 0 fully saturated rings.